The average molecular weight is 380 g/mol. The van der Waals surface area contributed by atoms with E-state index in [1.807, 2.05) is 19.2 Å². The fourth-order valence-corrected chi connectivity index (χ4v) is 4.05. The Labute approximate surface area is 167 Å². The van der Waals surface area contributed by atoms with Crippen LogP contribution in [0.3, 0.4) is 0 Å². The highest BCUT2D eigenvalue weighted by Gasteiger charge is 2.21. The molecule has 0 atom stereocenters. The Morgan fingerprint density at radius 1 is 0.964 bits per heavy atom. The van der Waals surface area contributed by atoms with Crippen molar-refractivity contribution in [1.82, 2.24) is 4.90 Å². The Bertz CT molecular complexity index is 801. The van der Waals surface area contributed by atoms with Gasteiger partial charge in [0, 0.05) is 57.9 Å². The maximum atomic E-state index is 11.9. The first kappa shape index (κ1) is 18.8. The van der Waals surface area contributed by atoms with Gasteiger partial charge in [0.15, 0.2) is 0 Å². The normalized spacial score (nSPS) is 17.5. The number of hydrogen-bond acceptors (Lipinski definition) is 4. The summed E-state index contributed by atoms with van der Waals surface area (Å²) in [6.07, 6.45) is 2.44. The molecule has 4 rings (SSSR count). The van der Waals surface area contributed by atoms with Gasteiger partial charge in [-0.25, -0.2) is 0 Å². The van der Waals surface area contributed by atoms with Gasteiger partial charge in [-0.1, -0.05) is 24.3 Å². The quantitative estimate of drug-likeness (QED) is 0.723. The molecule has 28 heavy (non-hydrogen) atoms. The number of amides is 1. The lowest BCUT2D eigenvalue weighted by Gasteiger charge is -2.36. The summed E-state index contributed by atoms with van der Waals surface area (Å²) in [5, 5.41) is 0. The molecule has 148 valence electrons. The molecule has 1 amide bonds. The number of carbonyl (C=O) groups is 1. The molecule has 1 fully saturated rings. The molecule has 2 aliphatic heterocycles. The Kier molecular flexibility index (Phi) is 5.81. The van der Waals surface area contributed by atoms with Crippen LogP contribution in [0.2, 0.25) is 0 Å². The predicted octanol–water partition coefficient (Wildman–Crippen LogP) is 3.19. The minimum atomic E-state index is 0.180. The van der Waals surface area contributed by atoms with Crippen molar-refractivity contribution >= 4 is 17.3 Å². The number of fused-ring (bicyclic) bond motifs is 1. The van der Waals surface area contributed by atoms with Crippen molar-refractivity contribution in [3.8, 4) is 5.75 Å². The van der Waals surface area contributed by atoms with Gasteiger partial charge in [-0.3, -0.25) is 9.69 Å². The van der Waals surface area contributed by atoms with Crippen LogP contribution in [0.15, 0.2) is 48.5 Å². The smallest absolute Gasteiger partial charge is 0.227 e. The minimum absolute atomic E-state index is 0.180. The topological polar surface area (TPSA) is 36.0 Å². The summed E-state index contributed by atoms with van der Waals surface area (Å²) >= 11 is 0. The zero-order valence-corrected chi connectivity index (χ0v) is 16.6. The van der Waals surface area contributed by atoms with E-state index < -0.39 is 0 Å². The first-order chi connectivity index (χ1) is 13.7. The second kappa shape index (κ2) is 8.65. The molecule has 0 saturated carbocycles. The van der Waals surface area contributed by atoms with Crippen LogP contribution in [0.1, 0.15) is 18.4 Å². The zero-order valence-electron chi connectivity index (χ0n) is 16.6. The molecular formula is C23H29N3O2. The molecule has 2 aliphatic rings. The number of anilines is 2. The van der Waals surface area contributed by atoms with Crippen LogP contribution in [0.4, 0.5) is 11.4 Å². The second-order valence-corrected chi connectivity index (χ2v) is 7.61. The first-order valence-corrected chi connectivity index (χ1v) is 10.3. The van der Waals surface area contributed by atoms with Crippen LogP contribution in [0, 0.1) is 0 Å². The van der Waals surface area contributed by atoms with E-state index in [9.17, 15) is 4.79 Å². The number of ether oxygens (including phenoxy) is 1. The van der Waals surface area contributed by atoms with E-state index in [1.165, 1.54) is 11.3 Å². The summed E-state index contributed by atoms with van der Waals surface area (Å²) in [4.78, 5) is 18.6. The highest BCUT2D eigenvalue weighted by molar-refractivity contribution is 5.96. The SMILES string of the molecule is CN1C(=O)CCc2ccc(OCCCN3CCN(c4ccccc4)CC3)cc21. The first-order valence-electron chi connectivity index (χ1n) is 10.3. The van der Waals surface area contributed by atoms with Crippen LogP contribution in [0.25, 0.3) is 0 Å². The van der Waals surface area contributed by atoms with Crippen LogP contribution >= 0.6 is 0 Å². The van der Waals surface area contributed by atoms with Crippen molar-refractivity contribution in [3.63, 3.8) is 0 Å². The molecular weight excluding hydrogens is 350 g/mol. The molecule has 2 aromatic rings. The van der Waals surface area contributed by atoms with E-state index in [0.717, 1.165) is 57.0 Å². The maximum Gasteiger partial charge on any atom is 0.227 e. The molecule has 0 aromatic heterocycles. The van der Waals surface area contributed by atoms with Crippen LogP contribution in [0.5, 0.6) is 5.75 Å². The lowest BCUT2D eigenvalue weighted by molar-refractivity contribution is -0.118. The summed E-state index contributed by atoms with van der Waals surface area (Å²) in [6.45, 7) is 6.12. The maximum absolute atomic E-state index is 11.9. The Hall–Kier alpha value is -2.53. The van der Waals surface area contributed by atoms with Gasteiger partial charge in [0.2, 0.25) is 5.91 Å². The van der Waals surface area contributed by atoms with Gasteiger partial charge in [-0.2, -0.15) is 0 Å². The van der Waals surface area contributed by atoms with Crippen molar-refractivity contribution in [3.05, 3.63) is 54.1 Å². The highest BCUT2D eigenvalue weighted by Crippen LogP contribution is 2.30. The molecule has 2 heterocycles. The predicted molar refractivity (Wildman–Crippen MR) is 113 cm³/mol. The van der Waals surface area contributed by atoms with Gasteiger partial charge in [-0.15, -0.1) is 0 Å². The molecule has 0 aliphatic carbocycles. The fourth-order valence-electron chi connectivity index (χ4n) is 4.05. The van der Waals surface area contributed by atoms with Gasteiger partial charge < -0.3 is 14.5 Å². The number of rotatable bonds is 6. The van der Waals surface area contributed by atoms with Crippen molar-refractivity contribution in [2.45, 2.75) is 19.3 Å². The highest BCUT2D eigenvalue weighted by atomic mass is 16.5. The van der Waals surface area contributed by atoms with Gasteiger partial charge >= 0.3 is 0 Å². The minimum Gasteiger partial charge on any atom is -0.493 e. The largest absolute Gasteiger partial charge is 0.493 e. The number of para-hydroxylation sites is 1. The molecule has 1 saturated heterocycles. The summed E-state index contributed by atoms with van der Waals surface area (Å²) in [7, 11) is 1.85. The van der Waals surface area contributed by atoms with E-state index >= 15 is 0 Å². The van der Waals surface area contributed by atoms with Crippen LogP contribution in [-0.4, -0.2) is 57.2 Å². The Morgan fingerprint density at radius 3 is 2.54 bits per heavy atom. The van der Waals surface area contributed by atoms with E-state index in [-0.39, 0.29) is 5.91 Å². The van der Waals surface area contributed by atoms with E-state index in [1.54, 1.807) is 4.90 Å². The molecule has 2 aromatic carbocycles. The second-order valence-electron chi connectivity index (χ2n) is 7.61. The summed E-state index contributed by atoms with van der Waals surface area (Å²) in [6, 6.07) is 16.8. The number of nitrogens with zero attached hydrogens (tertiary/aromatic N) is 3. The van der Waals surface area contributed by atoms with Crippen LogP contribution < -0.4 is 14.5 Å². The van der Waals surface area contributed by atoms with E-state index in [2.05, 4.69) is 46.2 Å². The monoisotopic (exact) mass is 379 g/mol. The molecule has 0 radical (unpaired) electrons. The molecule has 0 unspecified atom stereocenters. The number of piperazine rings is 1. The van der Waals surface area contributed by atoms with E-state index in [4.69, 9.17) is 4.74 Å². The zero-order chi connectivity index (χ0) is 19.3. The fraction of sp³-hybridized carbons (Fsp3) is 0.435. The number of benzene rings is 2. The standard InChI is InChI=1S/C23H29N3O2/c1-24-22-18-21(10-8-19(22)9-11-23(24)27)28-17-5-12-25-13-15-26(16-14-25)20-6-3-2-4-7-20/h2-4,6-8,10,18H,5,9,11-17H2,1H3. The molecule has 0 bridgehead atoms. The third-order valence-corrected chi connectivity index (χ3v) is 5.78. The summed E-state index contributed by atoms with van der Waals surface area (Å²) < 4.78 is 5.96. The van der Waals surface area contributed by atoms with Gasteiger partial charge in [0.25, 0.3) is 0 Å². The molecule has 5 heteroatoms. The Balaban J connectivity index is 1.20. The lowest BCUT2D eigenvalue weighted by atomic mass is 10.0. The number of aryl methyl sites for hydroxylation is 1. The number of carbonyl (C=O) groups excluding carboxylic acids is 1. The lowest BCUT2D eigenvalue weighted by Crippen LogP contribution is -2.46. The van der Waals surface area contributed by atoms with Crippen molar-refractivity contribution in [2.75, 3.05) is 56.2 Å². The average Bonchev–Trinajstić information content (AvgIpc) is 2.75. The van der Waals surface area contributed by atoms with Crippen LogP contribution in [-0.2, 0) is 11.2 Å². The van der Waals surface area contributed by atoms with Gasteiger partial charge in [0.1, 0.15) is 5.75 Å². The molecule has 0 N–H and O–H groups in total. The molecule has 0 spiro atoms. The molecule has 5 nitrogen and oxygen atoms in total. The van der Waals surface area contributed by atoms with Crippen molar-refractivity contribution in [2.24, 2.45) is 0 Å². The summed E-state index contributed by atoms with van der Waals surface area (Å²) in [5.74, 6) is 1.04. The summed E-state index contributed by atoms with van der Waals surface area (Å²) in [5.41, 5.74) is 3.54. The number of hydrogen-bond donors (Lipinski definition) is 0. The van der Waals surface area contributed by atoms with Gasteiger partial charge in [0.05, 0.1) is 12.3 Å². The van der Waals surface area contributed by atoms with E-state index in [0.29, 0.717) is 13.0 Å². The van der Waals surface area contributed by atoms with Crippen molar-refractivity contribution < 1.29 is 9.53 Å². The third-order valence-electron chi connectivity index (χ3n) is 5.78. The van der Waals surface area contributed by atoms with Gasteiger partial charge in [-0.05, 0) is 36.6 Å². The van der Waals surface area contributed by atoms with Crippen molar-refractivity contribution in [1.29, 1.82) is 0 Å². The third kappa shape index (κ3) is 4.30. The Morgan fingerprint density at radius 2 is 1.75 bits per heavy atom.